The topological polar surface area (TPSA) is 120 Å². The van der Waals surface area contributed by atoms with E-state index in [9.17, 15) is 23.2 Å². The molecule has 0 spiro atoms. The molecule has 28 heavy (non-hydrogen) atoms. The highest BCUT2D eigenvalue weighted by molar-refractivity contribution is 7.85. The number of hydrogen-bond acceptors (Lipinski definition) is 6. The highest BCUT2D eigenvalue weighted by Crippen LogP contribution is 2.31. The maximum atomic E-state index is 11.4. The minimum Gasteiger partial charge on any atom is -0.507 e. The van der Waals surface area contributed by atoms with Gasteiger partial charge in [-0.15, -0.1) is 0 Å². The van der Waals surface area contributed by atoms with Crippen LogP contribution in [0.4, 0.5) is 11.4 Å². The highest BCUT2D eigenvalue weighted by Gasteiger charge is 2.12. The fraction of sp³-hybridized carbons (Fsp3) is 0. The van der Waals surface area contributed by atoms with Crippen LogP contribution in [0, 0.1) is 0 Å². The lowest BCUT2D eigenvalue weighted by atomic mass is 10.2. The van der Waals surface area contributed by atoms with E-state index in [0.29, 0.717) is 16.8 Å². The summed E-state index contributed by atoms with van der Waals surface area (Å²) in [6.07, 6.45) is 2.77. The zero-order valence-corrected chi connectivity index (χ0v) is 15.3. The third-order valence-corrected chi connectivity index (χ3v) is 4.65. The van der Waals surface area contributed by atoms with Crippen LogP contribution in [0.2, 0.25) is 0 Å². The van der Waals surface area contributed by atoms with Crippen molar-refractivity contribution in [1.82, 2.24) is 0 Å². The molecule has 0 unspecified atom stereocenters. The Balaban J connectivity index is 2.04. The number of aliphatic imine (C=N–C) groups is 2. The van der Waals surface area contributed by atoms with Crippen LogP contribution in [-0.2, 0) is 10.1 Å². The van der Waals surface area contributed by atoms with Crippen molar-refractivity contribution >= 4 is 33.9 Å². The molecular weight excluding hydrogens is 380 g/mol. The largest absolute Gasteiger partial charge is 0.507 e. The summed E-state index contributed by atoms with van der Waals surface area (Å²) in [6, 6.07) is 16.8. The third-order valence-electron chi connectivity index (χ3n) is 3.80. The Morgan fingerprint density at radius 1 is 0.714 bits per heavy atom. The first-order valence-electron chi connectivity index (χ1n) is 8.10. The summed E-state index contributed by atoms with van der Waals surface area (Å²) < 4.78 is 32.2. The van der Waals surface area contributed by atoms with Gasteiger partial charge in [0, 0.05) is 23.6 Å². The molecule has 0 aromatic heterocycles. The van der Waals surface area contributed by atoms with Crippen molar-refractivity contribution in [2.45, 2.75) is 4.90 Å². The monoisotopic (exact) mass is 396 g/mol. The lowest BCUT2D eigenvalue weighted by Gasteiger charge is -2.04. The standard InChI is InChI=1S/C20H16N2O5S/c23-19-7-3-1-5-14(19)12-21-17-10-9-16(28(25,26)27)11-18(17)22-13-15-6-2-4-8-20(15)24/h1-13,23-24H,(H,25,26,27). The number of aromatic hydroxyl groups is 2. The number of benzene rings is 3. The molecule has 3 aromatic carbocycles. The second-order valence-corrected chi connectivity index (χ2v) is 7.18. The molecule has 3 N–H and O–H groups in total. The second-order valence-electron chi connectivity index (χ2n) is 5.76. The van der Waals surface area contributed by atoms with Crippen molar-refractivity contribution in [2.75, 3.05) is 0 Å². The summed E-state index contributed by atoms with van der Waals surface area (Å²) >= 11 is 0. The van der Waals surface area contributed by atoms with E-state index in [1.165, 1.54) is 42.8 Å². The number of nitrogens with zero attached hydrogens (tertiary/aromatic N) is 2. The highest BCUT2D eigenvalue weighted by atomic mass is 32.2. The Labute approximate surface area is 161 Å². The molecule has 0 aliphatic rings. The van der Waals surface area contributed by atoms with Crippen molar-refractivity contribution in [3.63, 3.8) is 0 Å². The van der Waals surface area contributed by atoms with Crippen LogP contribution in [0.1, 0.15) is 11.1 Å². The molecule has 0 saturated heterocycles. The number of rotatable bonds is 5. The molecule has 3 rings (SSSR count). The first-order valence-corrected chi connectivity index (χ1v) is 9.54. The van der Waals surface area contributed by atoms with Crippen LogP contribution in [0.5, 0.6) is 11.5 Å². The minimum atomic E-state index is -4.42. The van der Waals surface area contributed by atoms with Gasteiger partial charge in [-0.1, -0.05) is 24.3 Å². The summed E-state index contributed by atoms with van der Waals surface area (Å²) in [6.45, 7) is 0. The van der Waals surface area contributed by atoms with Crippen molar-refractivity contribution in [2.24, 2.45) is 9.98 Å². The molecule has 8 heteroatoms. The van der Waals surface area contributed by atoms with Gasteiger partial charge in [0.15, 0.2) is 0 Å². The van der Waals surface area contributed by atoms with Crippen molar-refractivity contribution in [3.8, 4) is 11.5 Å². The number of phenolic OH excluding ortho intramolecular Hbond substituents is 2. The van der Waals surface area contributed by atoms with Crippen molar-refractivity contribution in [3.05, 3.63) is 77.9 Å². The van der Waals surface area contributed by atoms with Gasteiger partial charge in [0.1, 0.15) is 11.5 Å². The zero-order valence-electron chi connectivity index (χ0n) is 14.5. The summed E-state index contributed by atoms with van der Waals surface area (Å²) in [4.78, 5) is 8.13. The zero-order chi connectivity index (χ0) is 20.1. The van der Waals surface area contributed by atoms with Crippen LogP contribution in [0.25, 0.3) is 0 Å². The predicted octanol–water partition coefficient (Wildman–Crippen LogP) is 3.85. The fourth-order valence-electron chi connectivity index (χ4n) is 2.35. The number of para-hydroxylation sites is 2. The van der Waals surface area contributed by atoms with Gasteiger partial charge in [-0.2, -0.15) is 8.42 Å². The molecule has 142 valence electrons. The Bertz CT molecular complexity index is 1170. The molecule has 0 radical (unpaired) electrons. The molecule has 3 aromatic rings. The Morgan fingerprint density at radius 3 is 1.71 bits per heavy atom. The molecular formula is C20H16N2O5S. The average molecular weight is 396 g/mol. The summed E-state index contributed by atoms with van der Waals surface area (Å²) in [5.74, 6) is 0.0523. The van der Waals surface area contributed by atoms with E-state index in [1.54, 1.807) is 36.4 Å². The van der Waals surface area contributed by atoms with Crippen LogP contribution in [0.15, 0.2) is 81.6 Å². The van der Waals surface area contributed by atoms with Gasteiger partial charge in [-0.3, -0.25) is 14.5 Å². The molecule has 0 saturated carbocycles. The lowest BCUT2D eigenvalue weighted by Crippen LogP contribution is -1.97. The predicted molar refractivity (Wildman–Crippen MR) is 107 cm³/mol. The number of phenols is 2. The van der Waals surface area contributed by atoms with E-state index in [2.05, 4.69) is 9.98 Å². The van der Waals surface area contributed by atoms with E-state index < -0.39 is 10.1 Å². The van der Waals surface area contributed by atoms with Gasteiger partial charge < -0.3 is 10.2 Å². The van der Waals surface area contributed by atoms with Gasteiger partial charge in [0.05, 0.1) is 16.3 Å². The summed E-state index contributed by atoms with van der Waals surface area (Å²) in [5.41, 5.74) is 1.36. The Morgan fingerprint density at radius 2 is 1.21 bits per heavy atom. The van der Waals surface area contributed by atoms with E-state index >= 15 is 0 Å². The average Bonchev–Trinajstić information content (AvgIpc) is 2.66. The normalized spacial score (nSPS) is 12.0. The van der Waals surface area contributed by atoms with E-state index in [1.807, 2.05) is 0 Å². The second kappa shape index (κ2) is 8.03. The fourth-order valence-corrected chi connectivity index (χ4v) is 2.85. The number of hydrogen-bond donors (Lipinski definition) is 3. The molecule has 0 heterocycles. The smallest absolute Gasteiger partial charge is 0.294 e. The van der Waals surface area contributed by atoms with Crippen molar-refractivity contribution in [1.29, 1.82) is 0 Å². The van der Waals surface area contributed by atoms with Crippen LogP contribution >= 0.6 is 0 Å². The molecule has 0 bridgehead atoms. The molecule has 0 amide bonds. The van der Waals surface area contributed by atoms with E-state index in [4.69, 9.17) is 0 Å². The maximum absolute atomic E-state index is 11.4. The summed E-state index contributed by atoms with van der Waals surface area (Å²) in [5, 5.41) is 19.7. The van der Waals surface area contributed by atoms with E-state index in [-0.39, 0.29) is 22.1 Å². The first kappa shape index (κ1) is 19.3. The molecule has 7 nitrogen and oxygen atoms in total. The third kappa shape index (κ3) is 4.61. The van der Waals surface area contributed by atoms with Gasteiger partial charge >= 0.3 is 0 Å². The van der Waals surface area contributed by atoms with E-state index in [0.717, 1.165) is 0 Å². The molecule has 0 aliphatic heterocycles. The molecule has 0 aliphatic carbocycles. The van der Waals surface area contributed by atoms with Crippen LogP contribution in [0.3, 0.4) is 0 Å². The maximum Gasteiger partial charge on any atom is 0.294 e. The minimum absolute atomic E-state index is 0.0106. The SMILES string of the molecule is O=S(=O)(O)c1ccc(N=Cc2ccccc2O)c(N=Cc2ccccc2O)c1. The Hall–Kier alpha value is -3.49. The lowest BCUT2D eigenvalue weighted by molar-refractivity contribution is 0.474. The van der Waals surface area contributed by atoms with Gasteiger partial charge in [0.25, 0.3) is 10.1 Å². The summed E-state index contributed by atoms with van der Waals surface area (Å²) in [7, 11) is -4.42. The van der Waals surface area contributed by atoms with Gasteiger partial charge in [0.2, 0.25) is 0 Å². The van der Waals surface area contributed by atoms with Gasteiger partial charge in [-0.25, -0.2) is 0 Å². The first-order chi connectivity index (χ1) is 13.3. The quantitative estimate of drug-likeness (QED) is 0.447. The van der Waals surface area contributed by atoms with Gasteiger partial charge in [-0.05, 0) is 42.5 Å². The Kier molecular flexibility index (Phi) is 5.53. The molecule has 0 fully saturated rings. The molecule has 0 atom stereocenters. The van der Waals surface area contributed by atoms with Crippen LogP contribution in [-0.4, -0.2) is 35.6 Å². The van der Waals surface area contributed by atoms with Crippen LogP contribution < -0.4 is 0 Å². The van der Waals surface area contributed by atoms with Crippen molar-refractivity contribution < 1.29 is 23.2 Å².